The van der Waals surface area contributed by atoms with Crippen LogP contribution in [0.1, 0.15) is 0 Å². The second-order valence-corrected chi connectivity index (χ2v) is 0.865. The van der Waals surface area contributed by atoms with Gasteiger partial charge in [0, 0.05) is 0 Å². The van der Waals surface area contributed by atoms with E-state index in [1.807, 2.05) is 0 Å². The van der Waals surface area contributed by atoms with Crippen LogP contribution in [0.4, 0.5) is 0 Å². The minimum atomic E-state index is 0.944. The number of nitrogens with zero attached hydrogens (tertiary/aromatic N) is 1. The molecule has 2 nitrogen and oxygen atoms in total. The van der Waals surface area contributed by atoms with E-state index in [1.54, 1.807) is 7.05 Å². The van der Waals surface area contributed by atoms with Gasteiger partial charge < -0.3 is 9.86 Å². The van der Waals surface area contributed by atoms with E-state index in [0.717, 1.165) is 4.63 Å². The molecule has 0 unspecified atom stereocenters. The Bertz CT molecular complexity index is 30.0. The second-order valence-electron chi connectivity index (χ2n) is 0.865. The molecular formula is CH4B3N2. The van der Waals surface area contributed by atoms with Crippen LogP contribution in [0.5, 0.6) is 0 Å². The Morgan fingerprint density at radius 3 is 2.17 bits per heavy atom. The van der Waals surface area contributed by atoms with Gasteiger partial charge in [-0.3, -0.25) is 0 Å². The average molecular weight is 76.5 g/mol. The van der Waals surface area contributed by atoms with E-state index in [4.69, 9.17) is 16.0 Å². The first kappa shape index (κ1) is 6.11. The molecule has 1 N–H and O–H groups in total. The van der Waals surface area contributed by atoms with Crippen LogP contribution < -0.4 is 5.23 Å². The lowest BCUT2D eigenvalue weighted by atomic mass is 9.95. The van der Waals surface area contributed by atoms with Crippen LogP contribution in [0.2, 0.25) is 0 Å². The average Bonchev–Trinajstić information content (AvgIpc) is 1.35. The third-order valence-corrected chi connectivity index (χ3v) is 0.278. The first-order chi connectivity index (χ1) is 2.77. The number of rotatable bonds is 2. The predicted molar refractivity (Wildman–Crippen MR) is 28.2 cm³/mol. The Balaban J connectivity index is 2.63. The van der Waals surface area contributed by atoms with Crippen LogP contribution >= 0.6 is 0 Å². The first-order valence-electron chi connectivity index (χ1n) is 1.56. The summed E-state index contributed by atoms with van der Waals surface area (Å²) in [7, 11) is 12.9. The van der Waals surface area contributed by atoms with Crippen molar-refractivity contribution in [2.75, 3.05) is 7.05 Å². The topological polar surface area (TPSA) is 15.3 Å². The van der Waals surface area contributed by atoms with Gasteiger partial charge in [0.1, 0.15) is 0 Å². The molecule has 0 amide bonds. The van der Waals surface area contributed by atoms with Crippen molar-refractivity contribution in [3.63, 3.8) is 0 Å². The fourth-order valence-electron chi connectivity index (χ4n) is 0.149. The van der Waals surface area contributed by atoms with Gasteiger partial charge in [-0.1, -0.05) is 0 Å². The van der Waals surface area contributed by atoms with Gasteiger partial charge in [-0.25, -0.2) is 0 Å². The van der Waals surface area contributed by atoms with Gasteiger partial charge in [0.25, 0.3) is 7.55 Å². The van der Waals surface area contributed by atoms with Crippen LogP contribution in [0.3, 0.4) is 0 Å². The van der Waals surface area contributed by atoms with Crippen LogP contribution in [-0.2, 0) is 0 Å². The molecular weight excluding hydrogens is 72.5 g/mol. The molecule has 0 atom stereocenters. The molecule has 0 aliphatic carbocycles. The zero-order chi connectivity index (χ0) is 4.99. The predicted octanol–water partition coefficient (Wildman–Crippen LogP) is -1.79. The number of nitrogens with one attached hydrogen (secondary N) is 1. The zero-order valence-electron chi connectivity index (χ0n) is 3.68. The summed E-state index contributed by atoms with van der Waals surface area (Å²) in [6.07, 6.45) is 0. The molecule has 0 fully saturated rings. The summed E-state index contributed by atoms with van der Waals surface area (Å²) >= 11 is 0. The molecule has 5 heteroatoms. The van der Waals surface area contributed by atoms with E-state index >= 15 is 0 Å². The molecule has 0 saturated heterocycles. The summed E-state index contributed by atoms with van der Waals surface area (Å²) in [5.74, 6) is 0. The molecule has 0 saturated carbocycles. The highest BCUT2D eigenvalue weighted by Gasteiger charge is 1.83. The summed E-state index contributed by atoms with van der Waals surface area (Å²) in [5, 5.41) is 2.62. The summed E-state index contributed by atoms with van der Waals surface area (Å²) in [6.45, 7) is 0. The van der Waals surface area contributed by atoms with Crippen molar-refractivity contribution >= 4 is 23.5 Å². The van der Waals surface area contributed by atoms with Gasteiger partial charge in [0.2, 0.25) is 0 Å². The highest BCUT2D eigenvalue weighted by Crippen LogP contribution is 1.52. The number of hydrogen-bond acceptors (Lipinski definition) is 2. The molecule has 0 aliphatic rings. The summed E-state index contributed by atoms with van der Waals surface area (Å²) < 4.78 is 0.944. The van der Waals surface area contributed by atoms with Gasteiger partial charge in [-0.15, -0.1) is 0 Å². The van der Waals surface area contributed by atoms with Gasteiger partial charge >= 0.3 is 0 Å². The van der Waals surface area contributed by atoms with Crippen LogP contribution in [0, 0.1) is 0 Å². The minimum Gasteiger partial charge on any atom is -0.437 e. The zero-order valence-corrected chi connectivity index (χ0v) is 3.68. The fraction of sp³-hybridized carbons (Fsp3) is 1.00. The molecule has 6 heavy (non-hydrogen) atoms. The maximum Gasteiger partial charge on any atom is 0.283 e. The maximum atomic E-state index is 4.90. The summed E-state index contributed by atoms with van der Waals surface area (Å²) in [6, 6.07) is 0. The Labute approximate surface area is 41.4 Å². The van der Waals surface area contributed by atoms with Gasteiger partial charge in [0.05, 0.1) is 0 Å². The Morgan fingerprint density at radius 1 is 1.67 bits per heavy atom. The third kappa shape index (κ3) is 4.11. The quantitative estimate of drug-likeness (QED) is 0.391. The molecule has 0 aliphatic heterocycles. The van der Waals surface area contributed by atoms with E-state index in [9.17, 15) is 0 Å². The normalized spacial score (nSPS) is 9.00. The van der Waals surface area contributed by atoms with Crippen molar-refractivity contribution in [1.29, 1.82) is 0 Å². The van der Waals surface area contributed by atoms with E-state index in [2.05, 4.69) is 5.23 Å². The van der Waals surface area contributed by atoms with Gasteiger partial charge in [-0.05, 0) is 7.05 Å². The maximum absolute atomic E-state index is 4.90. The second kappa shape index (κ2) is 3.31. The molecule has 0 bridgehead atoms. The smallest absolute Gasteiger partial charge is 0.283 e. The monoisotopic (exact) mass is 77.1 g/mol. The molecule has 0 aromatic rings. The lowest BCUT2D eigenvalue weighted by molar-refractivity contribution is 1.06. The van der Waals surface area contributed by atoms with Crippen molar-refractivity contribution in [2.24, 2.45) is 0 Å². The van der Waals surface area contributed by atoms with Gasteiger partial charge in [-0.2, -0.15) is 0 Å². The first-order valence-corrected chi connectivity index (χ1v) is 1.56. The molecule has 0 spiro atoms. The minimum absolute atomic E-state index is 0.944. The third-order valence-electron chi connectivity index (χ3n) is 0.278. The molecule has 5 radical (unpaired) electrons. The van der Waals surface area contributed by atoms with Crippen LogP contribution in [0.15, 0.2) is 0 Å². The SMILES string of the molecule is [B]N([B])[B]NC. The van der Waals surface area contributed by atoms with E-state index in [0.29, 0.717) is 0 Å². The van der Waals surface area contributed by atoms with Crippen molar-refractivity contribution in [3.05, 3.63) is 0 Å². The summed E-state index contributed by atoms with van der Waals surface area (Å²) in [5.41, 5.74) is 0. The molecule has 27 valence electrons. The Morgan fingerprint density at radius 2 is 2.17 bits per heavy atom. The highest BCUT2D eigenvalue weighted by atomic mass is 14.9. The summed E-state index contributed by atoms with van der Waals surface area (Å²) in [4.78, 5) is 0. The largest absolute Gasteiger partial charge is 0.437 e. The molecule has 0 rings (SSSR count). The highest BCUT2D eigenvalue weighted by molar-refractivity contribution is 6.50. The van der Waals surface area contributed by atoms with Gasteiger partial charge in [0.15, 0.2) is 16.0 Å². The van der Waals surface area contributed by atoms with Crippen molar-refractivity contribution in [2.45, 2.75) is 0 Å². The fourth-order valence-corrected chi connectivity index (χ4v) is 0.149. The Kier molecular flexibility index (Phi) is 3.37. The lowest BCUT2D eigenvalue weighted by Gasteiger charge is -2.03. The molecule has 0 heterocycles. The standard InChI is InChI=1S/CH4B3N2/c1-5-4-6(2)3/h5H,1H3. The van der Waals surface area contributed by atoms with Crippen molar-refractivity contribution in [3.8, 4) is 0 Å². The van der Waals surface area contributed by atoms with Crippen LogP contribution in [0.25, 0.3) is 0 Å². The van der Waals surface area contributed by atoms with E-state index < -0.39 is 0 Å². The van der Waals surface area contributed by atoms with E-state index in [-0.39, 0.29) is 0 Å². The van der Waals surface area contributed by atoms with Crippen LogP contribution in [-0.4, -0.2) is 35.2 Å². The lowest BCUT2D eigenvalue weighted by Crippen LogP contribution is -2.31. The molecule has 0 aromatic heterocycles. The Hall–Kier alpha value is 0.115. The van der Waals surface area contributed by atoms with E-state index in [1.165, 1.54) is 7.55 Å². The molecule has 0 aromatic carbocycles. The van der Waals surface area contributed by atoms with Crippen molar-refractivity contribution < 1.29 is 0 Å². The number of hydrogen-bond donors (Lipinski definition) is 1. The van der Waals surface area contributed by atoms with Crippen molar-refractivity contribution in [1.82, 2.24) is 9.86 Å².